The predicted octanol–water partition coefficient (Wildman–Crippen LogP) is 4.27. The third-order valence-electron chi connectivity index (χ3n) is 5.85. The van der Waals surface area contributed by atoms with E-state index in [0.717, 1.165) is 45.4 Å². The van der Waals surface area contributed by atoms with Crippen LogP contribution in [0.1, 0.15) is 70.3 Å². The summed E-state index contributed by atoms with van der Waals surface area (Å²) in [4.78, 5) is 17.2. The third kappa shape index (κ3) is 8.74. The number of benzene rings is 1. The molecular weight excluding hydrogens is 346 g/mol. The standard InChI is InChI=1S/C24H41N3O/c1-3-5-16-26(17-6-4-2)18-10-15-25-24(28)21-27-19-13-23(14-20-27)22-11-8-7-9-12-22/h7-9,11-12,23H,3-6,10,13-21H2,1-2H3,(H,25,28). The topological polar surface area (TPSA) is 35.6 Å². The number of likely N-dealkylation sites (tertiary alicyclic amines) is 1. The minimum Gasteiger partial charge on any atom is -0.355 e. The smallest absolute Gasteiger partial charge is 0.234 e. The highest BCUT2D eigenvalue weighted by Gasteiger charge is 2.21. The Balaban J connectivity index is 1.58. The van der Waals surface area contributed by atoms with Crippen LogP contribution in [0.2, 0.25) is 0 Å². The van der Waals surface area contributed by atoms with Crippen molar-refractivity contribution >= 4 is 5.91 Å². The number of hydrogen-bond acceptors (Lipinski definition) is 3. The summed E-state index contributed by atoms with van der Waals surface area (Å²) in [6, 6.07) is 10.8. The number of hydrogen-bond donors (Lipinski definition) is 1. The third-order valence-corrected chi connectivity index (χ3v) is 5.85. The molecule has 1 fully saturated rings. The van der Waals surface area contributed by atoms with E-state index in [4.69, 9.17) is 0 Å². The van der Waals surface area contributed by atoms with Crippen LogP contribution in [0.15, 0.2) is 30.3 Å². The van der Waals surface area contributed by atoms with Gasteiger partial charge in [0.1, 0.15) is 0 Å². The molecule has 1 aliphatic heterocycles. The summed E-state index contributed by atoms with van der Waals surface area (Å²) in [6.07, 6.45) is 8.40. The second-order valence-electron chi connectivity index (χ2n) is 8.21. The molecule has 1 amide bonds. The Morgan fingerprint density at radius 2 is 1.61 bits per heavy atom. The lowest BCUT2D eigenvalue weighted by atomic mass is 9.89. The zero-order valence-corrected chi connectivity index (χ0v) is 18.2. The zero-order chi connectivity index (χ0) is 20.0. The van der Waals surface area contributed by atoms with Crippen molar-refractivity contribution in [3.8, 4) is 0 Å². The van der Waals surface area contributed by atoms with Crippen LogP contribution in [0.5, 0.6) is 0 Å². The summed E-state index contributed by atoms with van der Waals surface area (Å²) < 4.78 is 0. The molecular formula is C24H41N3O. The van der Waals surface area contributed by atoms with Crippen molar-refractivity contribution < 1.29 is 4.79 Å². The number of carbonyl (C=O) groups is 1. The van der Waals surface area contributed by atoms with Crippen LogP contribution in [0.25, 0.3) is 0 Å². The fourth-order valence-corrected chi connectivity index (χ4v) is 4.04. The van der Waals surface area contributed by atoms with Gasteiger partial charge in [0.05, 0.1) is 6.54 Å². The van der Waals surface area contributed by atoms with Crippen LogP contribution >= 0.6 is 0 Å². The Morgan fingerprint density at radius 3 is 2.21 bits per heavy atom. The largest absolute Gasteiger partial charge is 0.355 e. The van der Waals surface area contributed by atoms with Crippen molar-refractivity contribution in [1.82, 2.24) is 15.1 Å². The summed E-state index contributed by atoms with van der Waals surface area (Å²) in [5.74, 6) is 0.838. The molecule has 0 aromatic heterocycles. The highest BCUT2D eigenvalue weighted by Crippen LogP contribution is 2.27. The molecule has 0 spiro atoms. The Kier molecular flexibility index (Phi) is 11.2. The maximum atomic E-state index is 12.3. The van der Waals surface area contributed by atoms with Gasteiger partial charge in [0.25, 0.3) is 0 Å². The summed E-state index contributed by atoms with van der Waals surface area (Å²) in [5.41, 5.74) is 1.45. The number of carbonyl (C=O) groups excluding carboxylic acids is 1. The van der Waals surface area contributed by atoms with Gasteiger partial charge >= 0.3 is 0 Å². The highest BCUT2D eigenvalue weighted by atomic mass is 16.2. The van der Waals surface area contributed by atoms with Gasteiger partial charge in [-0.25, -0.2) is 0 Å². The zero-order valence-electron chi connectivity index (χ0n) is 18.2. The van der Waals surface area contributed by atoms with E-state index >= 15 is 0 Å². The van der Waals surface area contributed by atoms with E-state index in [1.165, 1.54) is 44.3 Å². The number of nitrogens with zero attached hydrogens (tertiary/aromatic N) is 2. The van der Waals surface area contributed by atoms with Gasteiger partial charge in [-0.15, -0.1) is 0 Å². The van der Waals surface area contributed by atoms with Gasteiger partial charge in [0.2, 0.25) is 5.91 Å². The van der Waals surface area contributed by atoms with Gasteiger partial charge in [-0.05, 0) is 76.3 Å². The van der Waals surface area contributed by atoms with Crippen LogP contribution in [0, 0.1) is 0 Å². The summed E-state index contributed by atoms with van der Waals surface area (Å²) in [6.45, 7) is 11.4. The van der Waals surface area contributed by atoms with E-state index in [0.29, 0.717) is 12.5 Å². The predicted molar refractivity (Wildman–Crippen MR) is 119 cm³/mol. The second kappa shape index (κ2) is 13.7. The van der Waals surface area contributed by atoms with Gasteiger partial charge in [-0.3, -0.25) is 9.69 Å². The van der Waals surface area contributed by atoms with E-state index in [1.54, 1.807) is 0 Å². The monoisotopic (exact) mass is 387 g/mol. The molecule has 28 heavy (non-hydrogen) atoms. The van der Waals surface area contributed by atoms with Crippen molar-refractivity contribution in [1.29, 1.82) is 0 Å². The highest BCUT2D eigenvalue weighted by molar-refractivity contribution is 5.77. The van der Waals surface area contributed by atoms with E-state index < -0.39 is 0 Å². The Labute approximate surface area is 172 Å². The molecule has 1 aromatic carbocycles. The van der Waals surface area contributed by atoms with Crippen LogP contribution in [-0.2, 0) is 4.79 Å². The average Bonchev–Trinajstić information content (AvgIpc) is 2.73. The van der Waals surface area contributed by atoms with Crippen molar-refractivity contribution in [3.05, 3.63) is 35.9 Å². The van der Waals surface area contributed by atoms with Gasteiger partial charge in [0, 0.05) is 6.54 Å². The molecule has 0 saturated carbocycles. The molecule has 0 unspecified atom stereocenters. The molecule has 0 atom stereocenters. The maximum absolute atomic E-state index is 12.3. The van der Waals surface area contributed by atoms with Crippen LogP contribution < -0.4 is 5.32 Å². The fourth-order valence-electron chi connectivity index (χ4n) is 4.04. The van der Waals surface area contributed by atoms with Crippen molar-refractivity contribution in [2.45, 2.75) is 64.7 Å². The molecule has 1 saturated heterocycles. The molecule has 0 radical (unpaired) electrons. The van der Waals surface area contributed by atoms with E-state index in [9.17, 15) is 4.79 Å². The van der Waals surface area contributed by atoms with Crippen molar-refractivity contribution in [2.24, 2.45) is 0 Å². The second-order valence-corrected chi connectivity index (χ2v) is 8.21. The number of unbranched alkanes of at least 4 members (excludes halogenated alkanes) is 2. The number of rotatable bonds is 13. The summed E-state index contributed by atoms with van der Waals surface area (Å²) in [5, 5.41) is 3.13. The first-order valence-electron chi connectivity index (χ1n) is 11.5. The number of piperidine rings is 1. The van der Waals surface area contributed by atoms with Crippen molar-refractivity contribution in [2.75, 3.05) is 45.8 Å². The minimum atomic E-state index is 0.187. The Bertz CT molecular complexity index is 518. The number of amides is 1. The van der Waals surface area contributed by atoms with Crippen LogP contribution in [0.4, 0.5) is 0 Å². The van der Waals surface area contributed by atoms with E-state index in [-0.39, 0.29) is 5.91 Å². The fraction of sp³-hybridized carbons (Fsp3) is 0.708. The molecule has 1 heterocycles. The maximum Gasteiger partial charge on any atom is 0.234 e. The summed E-state index contributed by atoms with van der Waals surface area (Å²) >= 11 is 0. The first-order valence-corrected chi connectivity index (χ1v) is 11.5. The molecule has 0 bridgehead atoms. The van der Waals surface area contributed by atoms with Crippen LogP contribution in [-0.4, -0.2) is 61.5 Å². The lowest BCUT2D eigenvalue weighted by Gasteiger charge is -2.31. The molecule has 1 aliphatic rings. The Hall–Kier alpha value is -1.39. The first kappa shape index (κ1) is 22.9. The molecule has 2 rings (SSSR count). The minimum absolute atomic E-state index is 0.187. The summed E-state index contributed by atoms with van der Waals surface area (Å²) in [7, 11) is 0. The average molecular weight is 388 g/mol. The van der Waals surface area contributed by atoms with Gasteiger partial charge in [-0.2, -0.15) is 0 Å². The van der Waals surface area contributed by atoms with Crippen LogP contribution in [0.3, 0.4) is 0 Å². The lowest BCUT2D eigenvalue weighted by molar-refractivity contribution is -0.122. The SMILES string of the molecule is CCCCN(CCCC)CCCNC(=O)CN1CCC(c2ccccc2)CC1. The first-order chi connectivity index (χ1) is 13.7. The quantitative estimate of drug-likeness (QED) is 0.513. The van der Waals surface area contributed by atoms with Crippen molar-refractivity contribution in [3.63, 3.8) is 0 Å². The molecule has 158 valence electrons. The molecule has 1 aromatic rings. The van der Waals surface area contributed by atoms with Gasteiger partial charge in [-0.1, -0.05) is 57.0 Å². The Morgan fingerprint density at radius 1 is 1.00 bits per heavy atom. The van der Waals surface area contributed by atoms with Gasteiger partial charge < -0.3 is 10.2 Å². The molecule has 4 heteroatoms. The lowest BCUT2D eigenvalue weighted by Crippen LogP contribution is -2.41. The number of nitrogens with one attached hydrogen (secondary N) is 1. The van der Waals surface area contributed by atoms with E-state index in [1.807, 2.05) is 0 Å². The molecule has 4 nitrogen and oxygen atoms in total. The normalized spacial score (nSPS) is 15.8. The van der Waals surface area contributed by atoms with Gasteiger partial charge in [0.15, 0.2) is 0 Å². The molecule has 1 N–H and O–H groups in total. The molecule has 0 aliphatic carbocycles. The van der Waals surface area contributed by atoms with E-state index in [2.05, 4.69) is 59.3 Å².